The van der Waals surface area contributed by atoms with Crippen LogP contribution in [-0.2, 0) is 0 Å². The van der Waals surface area contributed by atoms with Crippen molar-refractivity contribution in [2.45, 2.75) is 6.92 Å². The van der Waals surface area contributed by atoms with Crippen molar-refractivity contribution in [3.63, 3.8) is 0 Å². The molecular formula is C11H11ClN4O. The number of halogens is 1. The molecule has 5 nitrogen and oxygen atoms in total. The van der Waals surface area contributed by atoms with E-state index in [0.29, 0.717) is 22.6 Å². The van der Waals surface area contributed by atoms with Crippen LogP contribution in [0.1, 0.15) is 5.56 Å². The van der Waals surface area contributed by atoms with E-state index in [-0.39, 0.29) is 0 Å². The van der Waals surface area contributed by atoms with E-state index in [9.17, 15) is 0 Å². The molecule has 1 aromatic heterocycles. The van der Waals surface area contributed by atoms with Crippen LogP contribution >= 0.6 is 11.6 Å². The molecule has 1 heterocycles. The van der Waals surface area contributed by atoms with Crippen LogP contribution in [0.2, 0.25) is 5.02 Å². The summed E-state index contributed by atoms with van der Waals surface area (Å²) >= 11 is 5.90. The first kappa shape index (κ1) is 11.6. The van der Waals surface area contributed by atoms with Crippen molar-refractivity contribution in [3.8, 4) is 11.6 Å². The molecule has 0 fully saturated rings. The van der Waals surface area contributed by atoms with E-state index in [0.717, 1.165) is 5.56 Å². The van der Waals surface area contributed by atoms with Crippen LogP contribution < -0.4 is 16.0 Å². The molecule has 2 aromatic rings. The number of anilines is 1. The van der Waals surface area contributed by atoms with E-state index in [1.807, 2.05) is 13.0 Å². The molecule has 0 saturated carbocycles. The van der Waals surface area contributed by atoms with Crippen LogP contribution in [0.3, 0.4) is 0 Å². The number of nitrogens with two attached hydrogens (primary N) is 1. The normalized spacial score (nSPS) is 10.1. The minimum absolute atomic E-state index is 0.294. The number of ether oxygens (including phenoxy) is 1. The lowest BCUT2D eigenvalue weighted by atomic mass is 10.2. The Morgan fingerprint density at radius 1 is 1.35 bits per heavy atom. The minimum Gasteiger partial charge on any atom is -0.439 e. The van der Waals surface area contributed by atoms with Gasteiger partial charge in [-0.25, -0.2) is 10.8 Å². The molecule has 0 amide bonds. The summed E-state index contributed by atoms with van der Waals surface area (Å²) in [5.41, 5.74) is 3.32. The maximum Gasteiger partial charge on any atom is 0.240 e. The van der Waals surface area contributed by atoms with Crippen LogP contribution in [0.25, 0.3) is 0 Å². The maximum absolute atomic E-state index is 5.90. The van der Waals surface area contributed by atoms with Gasteiger partial charge in [0.1, 0.15) is 5.75 Å². The Morgan fingerprint density at radius 2 is 2.18 bits per heavy atom. The number of aryl methyl sites for hydroxylation is 1. The van der Waals surface area contributed by atoms with Gasteiger partial charge in [-0.3, -0.25) is 5.43 Å². The summed E-state index contributed by atoms with van der Waals surface area (Å²) in [5, 5.41) is 0.608. The molecule has 0 bridgehead atoms. The number of nitrogens with one attached hydrogen (secondary N) is 1. The van der Waals surface area contributed by atoms with E-state index >= 15 is 0 Å². The molecule has 1 aromatic carbocycles. The van der Waals surface area contributed by atoms with Gasteiger partial charge in [0.15, 0.2) is 0 Å². The predicted octanol–water partition coefficient (Wildman–Crippen LogP) is 2.52. The molecule has 88 valence electrons. The molecular weight excluding hydrogens is 240 g/mol. The van der Waals surface area contributed by atoms with E-state index in [4.69, 9.17) is 22.2 Å². The lowest BCUT2D eigenvalue weighted by Crippen LogP contribution is -2.10. The van der Waals surface area contributed by atoms with Gasteiger partial charge in [-0.2, -0.15) is 4.98 Å². The van der Waals surface area contributed by atoms with E-state index in [1.54, 1.807) is 24.4 Å². The molecule has 6 heteroatoms. The fourth-order valence-electron chi connectivity index (χ4n) is 1.27. The highest BCUT2D eigenvalue weighted by Crippen LogP contribution is 2.26. The summed E-state index contributed by atoms with van der Waals surface area (Å²) in [7, 11) is 0. The summed E-state index contributed by atoms with van der Waals surface area (Å²) < 4.78 is 5.60. The molecule has 0 unspecified atom stereocenters. The number of hydrazine groups is 1. The zero-order valence-corrected chi connectivity index (χ0v) is 9.90. The molecule has 3 N–H and O–H groups in total. The highest BCUT2D eigenvalue weighted by molar-refractivity contribution is 6.30. The van der Waals surface area contributed by atoms with Crippen LogP contribution in [-0.4, -0.2) is 9.97 Å². The molecule has 0 saturated heterocycles. The summed E-state index contributed by atoms with van der Waals surface area (Å²) in [5.74, 6) is 6.56. The smallest absolute Gasteiger partial charge is 0.240 e. The second kappa shape index (κ2) is 4.99. The predicted molar refractivity (Wildman–Crippen MR) is 66.1 cm³/mol. The van der Waals surface area contributed by atoms with Crippen molar-refractivity contribution in [1.82, 2.24) is 9.97 Å². The van der Waals surface area contributed by atoms with E-state index in [1.165, 1.54) is 0 Å². The van der Waals surface area contributed by atoms with Crippen molar-refractivity contribution in [2.24, 2.45) is 5.84 Å². The van der Waals surface area contributed by atoms with Crippen molar-refractivity contribution in [3.05, 3.63) is 41.0 Å². The maximum atomic E-state index is 5.90. The van der Waals surface area contributed by atoms with Gasteiger partial charge in [-0.1, -0.05) is 17.7 Å². The first-order valence-corrected chi connectivity index (χ1v) is 5.30. The third kappa shape index (κ3) is 2.83. The molecule has 0 radical (unpaired) electrons. The standard InChI is InChI=1S/C11H11ClN4O/c1-7-2-3-8(12)6-9(7)17-10-4-5-14-11(15-10)16-13/h2-6H,13H2,1H3,(H,14,15,16). The molecule has 0 aliphatic heterocycles. The number of nitrogen functional groups attached to an aromatic ring is 1. The van der Waals surface area contributed by atoms with E-state index < -0.39 is 0 Å². The molecule has 2 rings (SSSR count). The van der Waals surface area contributed by atoms with Crippen molar-refractivity contribution < 1.29 is 4.74 Å². The first-order chi connectivity index (χ1) is 8.19. The fourth-order valence-corrected chi connectivity index (χ4v) is 1.43. The number of aromatic nitrogens is 2. The third-order valence-corrected chi connectivity index (χ3v) is 2.36. The fraction of sp³-hybridized carbons (Fsp3) is 0.0909. The van der Waals surface area contributed by atoms with Crippen molar-refractivity contribution in [2.75, 3.05) is 5.43 Å². The molecule has 0 aliphatic rings. The largest absolute Gasteiger partial charge is 0.439 e. The average Bonchev–Trinajstić information content (AvgIpc) is 2.34. The Balaban J connectivity index is 2.27. The van der Waals surface area contributed by atoms with Crippen molar-refractivity contribution in [1.29, 1.82) is 0 Å². The van der Waals surface area contributed by atoms with Gasteiger partial charge in [-0.05, 0) is 24.6 Å². The lowest BCUT2D eigenvalue weighted by molar-refractivity contribution is 0.459. The molecule has 0 spiro atoms. The Morgan fingerprint density at radius 3 is 2.94 bits per heavy atom. The zero-order valence-electron chi connectivity index (χ0n) is 9.14. The number of hydrogen-bond donors (Lipinski definition) is 2. The van der Waals surface area contributed by atoms with Gasteiger partial charge in [0.05, 0.1) is 0 Å². The summed E-state index contributed by atoms with van der Waals surface area (Å²) in [6, 6.07) is 7.05. The Hall–Kier alpha value is -1.85. The van der Waals surface area contributed by atoms with Crippen LogP contribution in [0.15, 0.2) is 30.5 Å². The number of rotatable bonds is 3. The molecule has 0 atom stereocenters. The summed E-state index contributed by atoms with van der Waals surface area (Å²) in [6.07, 6.45) is 1.55. The zero-order chi connectivity index (χ0) is 12.3. The van der Waals surface area contributed by atoms with Gasteiger partial charge in [0.25, 0.3) is 0 Å². The SMILES string of the molecule is Cc1ccc(Cl)cc1Oc1ccnc(NN)n1. The summed E-state index contributed by atoms with van der Waals surface area (Å²) in [6.45, 7) is 1.93. The van der Waals surface area contributed by atoms with Crippen LogP contribution in [0.4, 0.5) is 5.95 Å². The second-order valence-electron chi connectivity index (χ2n) is 3.37. The number of hydrogen-bond acceptors (Lipinski definition) is 5. The third-order valence-electron chi connectivity index (χ3n) is 2.12. The van der Waals surface area contributed by atoms with Gasteiger partial charge in [0, 0.05) is 17.3 Å². The number of benzene rings is 1. The topological polar surface area (TPSA) is 73.1 Å². The second-order valence-corrected chi connectivity index (χ2v) is 3.81. The minimum atomic E-state index is 0.294. The Bertz CT molecular complexity index is 533. The van der Waals surface area contributed by atoms with Gasteiger partial charge >= 0.3 is 0 Å². The number of nitrogens with zero attached hydrogens (tertiary/aromatic N) is 2. The molecule has 17 heavy (non-hydrogen) atoms. The van der Waals surface area contributed by atoms with Crippen LogP contribution in [0.5, 0.6) is 11.6 Å². The van der Waals surface area contributed by atoms with Gasteiger partial charge < -0.3 is 4.74 Å². The lowest BCUT2D eigenvalue weighted by Gasteiger charge is -2.08. The highest BCUT2D eigenvalue weighted by atomic mass is 35.5. The average molecular weight is 251 g/mol. The van der Waals surface area contributed by atoms with Crippen molar-refractivity contribution >= 4 is 17.5 Å². The Kier molecular flexibility index (Phi) is 3.41. The quantitative estimate of drug-likeness (QED) is 0.647. The van der Waals surface area contributed by atoms with Gasteiger partial charge in [-0.15, -0.1) is 0 Å². The highest BCUT2D eigenvalue weighted by Gasteiger charge is 2.04. The molecule has 0 aliphatic carbocycles. The van der Waals surface area contributed by atoms with Crippen LogP contribution in [0, 0.1) is 6.92 Å². The first-order valence-electron chi connectivity index (χ1n) is 4.92. The summed E-state index contributed by atoms with van der Waals surface area (Å²) in [4.78, 5) is 7.93. The van der Waals surface area contributed by atoms with Gasteiger partial charge in [0.2, 0.25) is 11.8 Å². The van der Waals surface area contributed by atoms with E-state index in [2.05, 4.69) is 15.4 Å². The monoisotopic (exact) mass is 250 g/mol. The Labute approximate surface area is 104 Å².